The summed E-state index contributed by atoms with van der Waals surface area (Å²) in [5.74, 6) is -0.198. The zero-order valence-electron chi connectivity index (χ0n) is 11.4. The summed E-state index contributed by atoms with van der Waals surface area (Å²) in [6, 6.07) is 6.97. The van der Waals surface area contributed by atoms with Crippen LogP contribution in [0, 0.1) is 5.82 Å². The molecule has 3 nitrogen and oxygen atoms in total. The topological polar surface area (TPSA) is 32.5 Å². The van der Waals surface area contributed by atoms with Crippen molar-refractivity contribution in [2.75, 3.05) is 31.6 Å². The Morgan fingerprint density at radius 2 is 1.94 bits per heavy atom. The van der Waals surface area contributed by atoms with Gasteiger partial charge in [-0.25, -0.2) is 4.39 Å². The van der Waals surface area contributed by atoms with E-state index in [1.807, 2.05) is 12.1 Å². The predicted octanol–water partition coefficient (Wildman–Crippen LogP) is 1.68. The van der Waals surface area contributed by atoms with Crippen molar-refractivity contribution in [2.45, 2.75) is 25.4 Å². The first kappa shape index (κ1) is 13.3. The Hall–Kier alpha value is -1.13. The molecule has 1 aromatic rings. The van der Waals surface area contributed by atoms with Crippen LogP contribution in [-0.2, 0) is 0 Å². The quantitative estimate of drug-likeness (QED) is 0.868. The maximum Gasteiger partial charge on any atom is 0.123 e. The summed E-state index contributed by atoms with van der Waals surface area (Å²) in [7, 11) is 2.13. The molecule has 1 heterocycles. The SMILES string of the molecule is CN1CC(CN)N(c2ccc(F)cc2)CC1(C)C. The molecule has 4 heteroatoms. The van der Waals surface area contributed by atoms with Gasteiger partial charge in [-0.15, -0.1) is 0 Å². The van der Waals surface area contributed by atoms with Crippen LogP contribution in [0.2, 0.25) is 0 Å². The number of piperazine rings is 1. The molecule has 0 saturated carbocycles. The average molecular weight is 251 g/mol. The van der Waals surface area contributed by atoms with Crippen LogP contribution in [-0.4, -0.2) is 43.2 Å². The van der Waals surface area contributed by atoms with Crippen LogP contribution in [0.1, 0.15) is 13.8 Å². The van der Waals surface area contributed by atoms with Crippen molar-refractivity contribution in [3.05, 3.63) is 30.1 Å². The Balaban J connectivity index is 2.26. The third kappa shape index (κ3) is 2.49. The van der Waals surface area contributed by atoms with Gasteiger partial charge in [-0.2, -0.15) is 0 Å². The second-order valence-electron chi connectivity index (χ2n) is 5.69. The molecule has 1 atom stereocenters. The maximum absolute atomic E-state index is 13.0. The minimum Gasteiger partial charge on any atom is -0.364 e. The van der Waals surface area contributed by atoms with E-state index in [1.54, 1.807) is 0 Å². The summed E-state index contributed by atoms with van der Waals surface area (Å²) in [6.45, 7) is 6.88. The predicted molar refractivity (Wildman–Crippen MR) is 73.3 cm³/mol. The molecular formula is C14H22FN3. The van der Waals surface area contributed by atoms with Gasteiger partial charge in [-0.05, 0) is 45.2 Å². The molecule has 0 aromatic heterocycles. The second-order valence-corrected chi connectivity index (χ2v) is 5.69. The summed E-state index contributed by atoms with van der Waals surface area (Å²) < 4.78 is 13.0. The van der Waals surface area contributed by atoms with Crippen LogP contribution in [0.15, 0.2) is 24.3 Å². The standard InChI is InChI=1S/C14H22FN3/c1-14(2)10-18(13(8-16)9-17(14)3)12-6-4-11(15)5-7-12/h4-7,13H,8-10,16H2,1-3H3. The van der Waals surface area contributed by atoms with Gasteiger partial charge in [0.25, 0.3) is 0 Å². The van der Waals surface area contributed by atoms with Gasteiger partial charge in [0.1, 0.15) is 5.82 Å². The Bertz CT molecular complexity index is 402. The molecule has 1 aliphatic rings. The number of rotatable bonds is 2. The summed E-state index contributed by atoms with van der Waals surface area (Å²) in [4.78, 5) is 4.63. The highest BCUT2D eigenvalue weighted by Crippen LogP contribution is 2.27. The van der Waals surface area contributed by atoms with Gasteiger partial charge in [0.05, 0.1) is 6.04 Å². The summed E-state index contributed by atoms with van der Waals surface area (Å²) >= 11 is 0. The van der Waals surface area contributed by atoms with Crippen molar-refractivity contribution in [3.63, 3.8) is 0 Å². The fraction of sp³-hybridized carbons (Fsp3) is 0.571. The Morgan fingerprint density at radius 1 is 1.33 bits per heavy atom. The number of halogens is 1. The number of nitrogens with two attached hydrogens (primary N) is 1. The van der Waals surface area contributed by atoms with E-state index in [2.05, 4.69) is 30.7 Å². The lowest BCUT2D eigenvalue weighted by molar-refractivity contribution is 0.116. The van der Waals surface area contributed by atoms with E-state index in [4.69, 9.17) is 5.73 Å². The number of anilines is 1. The van der Waals surface area contributed by atoms with Crippen molar-refractivity contribution in [1.82, 2.24) is 4.90 Å². The van der Waals surface area contributed by atoms with Crippen LogP contribution in [0.25, 0.3) is 0 Å². The van der Waals surface area contributed by atoms with Crippen molar-refractivity contribution in [3.8, 4) is 0 Å². The van der Waals surface area contributed by atoms with E-state index in [0.29, 0.717) is 6.54 Å². The van der Waals surface area contributed by atoms with Crippen molar-refractivity contribution >= 4 is 5.69 Å². The Kier molecular flexibility index (Phi) is 3.59. The van der Waals surface area contributed by atoms with Crippen LogP contribution >= 0.6 is 0 Å². The molecule has 0 spiro atoms. The molecule has 0 aliphatic carbocycles. The largest absolute Gasteiger partial charge is 0.364 e. The summed E-state index contributed by atoms with van der Waals surface area (Å²) in [6.07, 6.45) is 0. The summed E-state index contributed by atoms with van der Waals surface area (Å²) in [5.41, 5.74) is 7.02. The monoisotopic (exact) mass is 251 g/mol. The smallest absolute Gasteiger partial charge is 0.123 e. The Morgan fingerprint density at radius 3 is 2.50 bits per heavy atom. The Labute approximate surface area is 108 Å². The molecule has 0 amide bonds. The minimum absolute atomic E-state index is 0.0973. The summed E-state index contributed by atoms with van der Waals surface area (Å²) in [5, 5.41) is 0. The van der Waals surface area contributed by atoms with E-state index < -0.39 is 0 Å². The highest BCUT2D eigenvalue weighted by molar-refractivity contribution is 5.48. The van der Waals surface area contributed by atoms with E-state index in [1.165, 1.54) is 12.1 Å². The van der Waals surface area contributed by atoms with Crippen molar-refractivity contribution < 1.29 is 4.39 Å². The molecule has 1 unspecified atom stereocenters. The molecule has 18 heavy (non-hydrogen) atoms. The third-order valence-electron chi connectivity index (χ3n) is 3.95. The molecule has 0 bridgehead atoms. The number of nitrogens with zero attached hydrogens (tertiary/aromatic N) is 2. The van der Waals surface area contributed by atoms with Gasteiger partial charge >= 0.3 is 0 Å². The molecule has 1 aromatic carbocycles. The zero-order valence-corrected chi connectivity index (χ0v) is 11.4. The van der Waals surface area contributed by atoms with Crippen molar-refractivity contribution in [1.29, 1.82) is 0 Å². The van der Waals surface area contributed by atoms with Gasteiger partial charge in [0.15, 0.2) is 0 Å². The highest BCUT2D eigenvalue weighted by atomic mass is 19.1. The number of hydrogen-bond donors (Lipinski definition) is 1. The highest BCUT2D eigenvalue weighted by Gasteiger charge is 2.36. The van der Waals surface area contributed by atoms with E-state index >= 15 is 0 Å². The van der Waals surface area contributed by atoms with Crippen LogP contribution < -0.4 is 10.6 Å². The number of likely N-dealkylation sites (N-methyl/N-ethyl adjacent to an activating group) is 1. The molecular weight excluding hydrogens is 229 g/mol. The maximum atomic E-state index is 13.0. The first-order chi connectivity index (χ1) is 8.44. The minimum atomic E-state index is -0.198. The zero-order chi connectivity index (χ0) is 13.3. The second kappa shape index (κ2) is 4.86. The van der Waals surface area contributed by atoms with Crippen LogP contribution in [0.3, 0.4) is 0 Å². The van der Waals surface area contributed by atoms with E-state index in [0.717, 1.165) is 18.8 Å². The fourth-order valence-electron chi connectivity index (χ4n) is 2.46. The van der Waals surface area contributed by atoms with Crippen LogP contribution in [0.5, 0.6) is 0 Å². The fourth-order valence-corrected chi connectivity index (χ4v) is 2.46. The van der Waals surface area contributed by atoms with E-state index in [9.17, 15) is 4.39 Å². The molecule has 2 rings (SSSR count). The molecule has 1 saturated heterocycles. The van der Waals surface area contributed by atoms with Crippen LogP contribution in [0.4, 0.5) is 10.1 Å². The van der Waals surface area contributed by atoms with Gasteiger partial charge in [0, 0.05) is 30.9 Å². The van der Waals surface area contributed by atoms with Gasteiger partial charge in [-0.1, -0.05) is 0 Å². The number of hydrogen-bond acceptors (Lipinski definition) is 3. The average Bonchev–Trinajstić information content (AvgIpc) is 2.33. The lowest BCUT2D eigenvalue weighted by atomic mass is 9.95. The van der Waals surface area contributed by atoms with E-state index in [-0.39, 0.29) is 17.4 Å². The first-order valence-corrected chi connectivity index (χ1v) is 6.37. The normalized spacial score (nSPS) is 24.3. The lowest BCUT2D eigenvalue weighted by Crippen LogP contribution is -2.64. The van der Waals surface area contributed by atoms with Gasteiger partial charge in [0.2, 0.25) is 0 Å². The molecule has 100 valence electrons. The number of benzene rings is 1. The molecule has 0 radical (unpaired) electrons. The lowest BCUT2D eigenvalue weighted by Gasteiger charge is -2.50. The first-order valence-electron chi connectivity index (χ1n) is 6.37. The van der Waals surface area contributed by atoms with Gasteiger partial charge < -0.3 is 10.6 Å². The van der Waals surface area contributed by atoms with Gasteiger partial charge in [-0.3, -0.25) is 4.90 Å². The third-order valence-corrected chi connectivity index (χ3v) is 3.95. The molecule has 1 fully saturated rings. The van der Waals surface area contributed by atoms with Crippen molar-refractivity contribution in [2.24, 2.45) is 5.73 Å². The molecule has 2 N–H and O–H groups in total. The molecule has 1 aliphatic heterocycles.